The van der Waals surface area contributed by atoms with Crippen molar-refractivity contribution in [3.05, 3.63) is 64.9 Å². The number of rotatable bonds is 7. The van der Waals surface area contributed by atoms with Crippen LogP contribution < -0.4 is 15.5 Å². The minimum absolute atomic E-state index is 0.00738. The molecule has 2 aromatic carbocycles. The summed E-state index contributed by atoms with van der Waals surface area (Å²) in [4.78, 5) is 18.0. The van der Waals surface area contributed by atoms with Crippen LogP contribution in [0.5, 0.6) is 0 Å². The average Bonchev–Trinajstić information content (AvgIpc) is 3.41. The Morgan fingerprint density at radius 2 is 1.82 bits per heavy atom. The van der Waals surface area contributed by atoms with E-state index in [-0.39, 0.29) is 35.4 Å². The number of sulfonamides is 1. The molecule has 14 heteroatoms. The molecule has 0 aliphatic carbocycles. The first-order valence-electron chi connectivity index (χ1n) is 15.2. The summed E-state index contributed by atoms with van der Waals surface area (Å²) in [6.45, 7) is 8.03. The highest BCUT2D eigenvalue weighted by atomic mass is 32.2. The monoisotopic (exact) mass is 643 g/mol. The second kappa shape index (κ2) is 12.3. The number of nitrogens with zero attached hydrogens (tertiary/aromatic N) is 4. The van der Waals surface area contributed by atoms with Crippen LogP contribution >= 0.6 is 0 Å². The van der Waals surface area contributed by atoms with E-state index < -0.39 is 33.0 Å². The van der Waals surface area contributed by atoms with E-state index in [0.29, 0.717) is 35.8 Å². The number of carbonyl (C=O) groups excluding carboxylic acids is 1. The lowest BCUT2D eigenvalue weighted by atomic mass is 9.84. The standard InChI is InChI=1S/C31H39F2N7O4S/c1-31(2)19-40(45(42,43)23-6-4-5-20(32)15-23)18-24-28(31)36-37-29(24)35-30(41)27-25(33)16-22(39-11-9-38(3)10-12-39)17-26(27)34-21-7-13-44-14-8-21/h4-6,15-17,21,34H,7-14,18-19H2,1-3H3,(H2,35,36,37,41). The Balaban J connectivity index is 1.31. The molecule has 3 aliphatic rings. The van der Waals surface area contributed by atoms with Crippen LogP contribution in [0, 0.1) is 11.6 Å². The maximum atomic E-state index is 16.0. The Bertz CT molecular complexity index is 1680. The lowest BCUT2D eigenvalue weighted by Gasteiger charge is -2.37. The van der Waals surface area contributed by atoms with Gasteiger partial charge in [0.2, 0.25) is 10.0 Å². The van der Waals surface area contributed by atoms with Crippen molar-refractivity contribution >= 4 is 33.1 Å². The number of aromatic nitrogens is 2. The maximum Gasteiger partial charge on any atom is 0.261 e. The summed E-state index contributed by atoms with van der Waals surface area (Å²) < 4.78 is 63.7. The van der Waals surface area contributed by atoms with Crippen LogP contribution in [0.15, 0.2) is 41.3 Å². The lowest BCUT2D eigenvalue weighted by molar-refractivity contribution is 0.0904. The van der Waals surface area contributed by atoms with Crippen molar-refractivity contribution < 1.29 is 26.7 Å². The number of aromatic amines is 1. The summed E-state index contributed by atoms with van der Waals surface area (Å²) in [5, 5.41) is 13.4. The Kier molecular flexibility index (Phi) is 8.59. The van der Waals surface area contributed by atoms with E-state index >= 15 is 4.39 Å². The van der Waals surface area contributed by atoms with Gasteiger partial charge in [0, 0.05) is 80.9 Å². The molecule has 0 unspecified atom stereocenters. The fourth-order valence-electron chi connectivity index (χ4n) is 6.30. The van der Waals surface area contributed by atoms with Gasteiger partial charge in [-0.15, -0.1) is 0 Å². The molecule has 3 aliphatic heterocycles. The zero-order chi connectivity index (χ0) is 31.9. The van der Waals surface area contributed by atoms with Gasteiger partial charge in [-0.3, -0.25) is 9.89 Å². The lowest BCUT2D eigenvalue weighted by Crippen LogP contribution is -2.45. The molecule has 0 bridgehead atoms. The number of H-pyrrole nitrogens is 1. The minimum atomic E-state index is -4.07. The Morgan fingerprint density at radius 1 is 1.09 bits per heavy atom. The third kappa shape index (κ3) is 6.41. The number of carbonyl (C=O) groups is 1. The molecule has 1 amide bonds. The fourth-order valence-corrected chi connectivity index (χ4v) is 7.90. The molecule has 0 atom stereocenters. The van der Waals surface area contributed by atoms with Crippen molar-refractivity contribution in [3.63, 3.8) is 0 Å². The number of hydrogen-bond donors (Lipinski definition) is 3. The third-order valence-corrected chi connectivity index (χ3v) is 10.7. The van der Waals surface area contributed by atoms with Gasteiger partial charge >= 0.3 is 0 Å². The third-order valence-electron chi connectivity index (χ3n) is 8.87. The molecule has 4 heterocycles. The number of piperazine rings is 1. The molecule has 3 N–H and O–H groups in total. The number of likely N-dealkylation sites (N-methyl/N-ethyl adjacent to an activating group) is 1. The highest BCUT2D eigenvalue weighted by molar-refractivity contribution is 7.89. The van der Waals surface area contributed by atoms with Crippen molar-refractivity contribution in [2.45, 2.75) is 49.6 Å². The molecule has 3 aromatic rings. The molecule has 45 heavy (non-hydrogen) atoms. The van der Waals surface area contributed by atoms with Crippen LogP contribution in [0.1, 0.15) is 48.3 Å². The van der Waals surface area contributed by atoms with E-state index in [2.05, 4.69) is 37.7 Å². The Hall–Kier alpha value is -3.59. The van der Waals surface area contributed by atoms with Gasteiger partial charge in [0.15, 0.2) is 5.82 Å². The van der Waals surface area contributed by atoms with Gasteiger partial charge in [-0.2, -0.15) is 9.40 Å². The number of halogens is 2. The van der Waals surface area contributed by atoms with Crippen LogP contribution in [-0.4, -0.2) is 92.8 Å². The number of anilines is 3. The molecule has 1 aromatic heterocycles. The molecule has 0 spiro atoms. The molecule has 0 saturated carbocycles. The van der Waals surface area contributed by atoms with Crippen LogP contribution in [0.4, 0.5) is 26.0 Å². The van der Waals surface area contributed by atoms with Crippen LogP contribution in [0.2, 0.25) is 0 Å². The molecular formula is C31H39F2N7O4S. The molecule has 6 rings (SSSR count). The molecule has 2 fully saturated rings. The first kappa shape index (κ1) is 31.4. The van der Waals surface area contributed by atoms with Gasteiger partial charge in [0.25, 0.3) is 5.91 Å². The SMILES string of the molecule is CN1CCN(c2cc(F)c(C(=O)Nc3n[nH]c4c3CN(S(=O)(=O)c3cccc(F)c3)CC4(C)C)c(NC3CCOCC3)c2)CC1. The fraction of sp³-hybridized carbons (Fsp3) is 0.484. The van der Waals surface area contributed by atoms with Gasteiger partial charge in [-0.1, -0.05) is 19.9 Å². The van der Waals surface area contributed by atoms with Crippen molar-refractivity contribution in [3.8, 4) is 0 Å². The average molecular weight is 644 g/mol. The second-order valence-corrected chi connectivity index (χ2v) is 14.6. The van der Waals surface area contributed by atoms with Crippen LogP contribution in [0.3, 0.4) is 0 Å². The summed E-state index contributed by atoms with van der Waals surface area (Å²) in [5.74, 6) is -1.92. The van der Waals surface area contributed by atoms with Gasteiger partial charge in [0.05, 0.1) is 16.1 Å². The number of fused-ring (bicyclic) bond motifs is 1. The van der Waals surface area contributed by atoms with Gasteiger partial charge in [-0.25, -0.2) is 17.2 Å². The Morgan fingerprint density at radius 3 is 2.53 bits per heavy atom. The molecule has 0 radical (unpaired) electrons. The molecule has 2 saturated heterocycles. The van der Waals surface area contributed by atoms with Crippen LogP contribution in [0.25, 0.3) is 0 Å². The largest absolute Gasteiger partial charge is 0.381 e. The first-order valence-corrected chi connectivity index (χ1v) is 16.6. The van der Waals surface area contributed by atoms with Crippen molar-refractivity contribution in [1.29, 1.82) is 0 Å². The number of benzene rings is 2. The first-order chi connectivity index (χ1) is 21.4. The van der Waals surface area contributed by atoms with E-state index in [9.17, 15) is 17.6 Å². The van der Waals surface area contributed by atoms with Crippen molar-refractivity contribution in [1.82, 2.24) is 19.4 Å². The number of hydrogen-bond acceptors (Lipinski definition) is 8. The van der Waals surface area contributed by atoms with E-state index in [4.69, 9.17) is 4.74 Å². The van der Waals surface area contributed by atoms with Crippen molar-refractivity contribution in [2.24, 2.45) is 0 Å². The highest BCUT2D eigenvalue weighted by Crippen LogP contribution is 2.38. The molecule has 11 nitrogen and oxygen atoms in total. The molecule has 242 valence electrons. The summed E-state index contributed by atoms with van der Waals surface area (Å²) in [7, 11) is -2.02. The zero-order valence-corrected chi connectivity index (χ0v) is 26.5. The van der Waals surface area contributed by atoms with Crippen LogP contribution in [-0.2, 0) is 26.7 Å². The smallest absolute Gasteiger partial charge is 0.261 e. The summed E-state index contributed by atoms with van der Waals surface area (Å²) in [6.07, 6.45) is 1.44. The topological polar surface area (TPSA) is 123 Å². The summed E-state index contributed by atoms with van der Waals surface area (Å²) >= 11 is 0. The van der Waals surface area contributed by atoms with Crippen molar-refractivity contribution in [2.75, 3.05) is 68.5 Å². The summed E-state index contributed by atoms with van der Waals surface area (Å²) in [5.41, 5.74) is 1.35. The predicted molar refractivity (Wildman–Crippen MR) is 167 cm³/mol. The second-order valence-electron chi connectivity index (χ2n) is 12.7. The zero-order valence-electron chi connectivity index (χ0n) is 25.7. The number of nitrogens with one attached hydrogen (secondary N) is 3. The van der Waals surface area contributed by atoms with Gasteiger partial charge < -0.3 is 25.2 Å². The van der Waals surface area contributed by atoms with E-state index in [1.54, 1.807) is 0 Å². The minimum Gasteiger partial charge on any atom is -0.381 e. The number of amides is 1. The summed E-state index contributed by atoms with van der Waals surface area (Å²) in [6, 6.07) is 8.09. The quantitative estimate of drug-likeness (QED) is 0.356. The van der Waals surface area contributed by atoms with Gasteiger partial charge in [0.1, 0.15) is 11.6 Å². The van der Waals surface area contributed by atoms with E-state index in [1.165, 1.54) is 28.6 Å². The Labute approximate surface area is 262 Å². The van der Waals surface area contributed by atoms with E-state index in [1.807, 2.05) is 19.9 Å². The normalized spacial score (nSPS) is 19.7. The maximum absolute atomic E-state index is 16.0. The molecular weight excluding hydrogens is 604 g/mol. The predicted octanol–water partition coefficient (Wildman–Crippen LogP) is 3.77. The number of ether oxygens (including phenoxy) is 1. The van der Waals surface area contributed by atoms with Gasteiger partial charge in [-0.05, 0) is 50.2 Å². The van der Waals surface area contributed by atoms with E-state index in [0.717, 1.165) is 45.1 Å². The highest BCUT2D eigenvalue weighted by Gasteiger charge is 2.41.